The first-order valence-electron chi connectivity index (χ1n) is 15.0. The molecule has 8 rings (SSSR count). The minimum atomic E-state index is 1.13. The zero-order chi connectivity index (χ0) is 29.3. The molecule has 0 amide bonds. The van der Waals surface area contributed by atoms with Crippen LogP contribution >= 0.6 is 0 Å². The van der Waals surface area contributed by atoms with Crippen molar-refractivity contribution in [3.05, 3.63) is 182 Å². The normalized spacial score (nSPS) is 11.2. The zero-order valence-corrected chi connectivity index (χ0v) is 24.2. The molecule has 8 aromatic rings. The Balaban J connectivity index is 1.33. The monoisotopic (exact) mass is 562 g/mol. The van der Waals surface area contributed by atoms with Gasteiger partial charge in [0.1, 0.15) is 0 Å². The molecule has 0 radical (unpaired) electrons. The van der Waals surface area contributed by atoms with E-state index in [9.17, 15) is 0 Å². The Morgan fingerprint density at radius 2 is 0.682 bits per heavy atom. The third-order valence-electron chi connectivity index (χ3n) is 8.39. The Morgan fingerprint density at radius 1 is 0.250 bits per heavy atom. The van der Waals surface area contributed by atoms with Gasteiger partial charge in [0.05, 0.1) is 5.69 Å². The number of hydrogen-bond donors (Lipinski definition) is 0. The number of hydrogen-bond acceptors (Lipinski definition) is 2. The molecule has 0 saturated heterocycles. The number of benzene rings is 8. The maximum atomic E-state index is 2.35. The quantitative estimate of drug-likeness (QED) is 0.186. The minimum absolute atomic E-state index is 1.13. The van der Waals surface area contributed by atoms with Crippen molar-refractivity contribution in [3.63, 3.8) is 0 Å². The van der Waals surface area contributed by atoms with E-state index in [4.69, 9.17) is 0 Å². The largest absolute Gasteiger partial charge is 0.310 e. The summed E-state index contributed by atoms with van der Waals surface area (Å²) in [6, 6.07) is 65.0. The lowest BCUT2D eigenvalue weighted by Crippen LogP contribution is -2.10. The van der Waals surface area contributed by atoms with E-state index in [1.165, 1.54) is 32.3 Å². The first-order valence-corrected chi connectivity index (χ1v) is 15.0. The molecule has 0 aromatic heterocycles. The van der Waals surface area contributed by atoms with Crippen LogP contribution in [0.5, 0.6) is 0 Å². The van der Waals surface area contributed by atoms with Crippen LogP contribution in [-0.2, 0) is 0 Å². The SMILES string of the molecule is c1ccc(N(c2ccccc2)c2ccc3ccc4c5cccc(N(c6ccccc6)c6ccccc6)c5ccc4c3c2)cc1. The highest BCUT2D eigenvalue weighted by atomic mass is 15.1. The van der Waals surface area contributed by atoms with E-state index in [0.29, 0.717) is 0 Å². The maximum Gasteiger partial charge on any atom is 0.0540 e. The van der Waals surface area contributed by atoms with Crippen LogP contribution in [0.4, 0.5) is 34.1 Å². The Morgan fingerprint density at radius 3 is 1.25 bits per heavy atom. The molecule has 0 aliphatic carbocycles. The molecule has 0 heterocycles. The number of rotatable bonds is 6. The molecule has 44 heavy (non-hydrogen) atoms. The van der Waals surface area contributed by atoms with E-state index in [1.54, 1.807) is 0 Å². The molecule has 0 unspecified atom stereocenters. The fourth-order valence-electron chi connectivity index (χ4n) is 6.39. The highest BCUT2D eigenvalue weighted by molar-refractivity contribution is 6.20. The van der Waals surface area contributed by atoms with Crippen LogP contribution in [0.2, 0.25) is 0 Å². The van der Waals surface area contributed by atoms with Gasteiger partial charge in [-0.25, -0.2) is 0 Å². The topological polar surface area (TPSA) is 6.48 Å². The molecule has 2 heteroatoms. The number of para-hydroxylation sites is 4. The molecule has 0 atom stereocenters. The Labute approximate surface area is 257 Å². The Kier molecular flexibility index (Phi) is 6.51. The summed E-state index contributed by atoms with van der Waals surface area (Å²) >= 11 is 0. The molecule has 208 valence electrons. The van der Waals surface area contributed by atoms with E-state index in [1.807, 2.05) is 0 Å². The van der Waals surface area contributed by atoms with Crippen molar-refractivity contribution in [2.45, 2.75) is 0 Å². The first kappa shape index (κ1) is 25.8. The van der Waals surface area contributed by atoms with Crippen molar-refractivity contribution < 1.29 is 0 Å². The number of anilines is 6. The summed E-state index contributed by atoms with van der Waals surface area (Å²) < 4.78 is 0. The third kappa shape index (κ3) is 4.54. The average Bonchev–Trinajstić information content (AvgIpc) is 3.10. The summed E-state index contributed by atoms with van der Waals surface area (Å²) in [5.41, 5.74) is 6.84. The predicted molar refractivity (Wildman–Crippen MR) is 188 cm³/mol. The second-order valence-electron chi connectivity index (χ2n) is 11.0. The molecule has 0 aliphatic heterocycles. The van der Waals surface area contributed by atoms with Crippen molar-refractivity contribution in [1.29, 1.82) is 0 Å². The second-order valence-corrected chi connectivity index (χ2v) is 11.0. The molecule has 0 spiro atoms. The summed E-state index contributed by atoms with van der Waals surface area (Å²) in [5, 5.41) is 7.44. The first-order chi connectivity index (χ1) is 21.8. The third-order valence-corrected chi connectivity index (χ3v) is 8.39. The van der Waals surface area contributed by atoms with Crippen LogP contribution in [0.3, 0.4) is 0 Å². The van der Waals surface area contributed by atoms with E-state index >= 15 is 0 Å². The van der Waals surface area contributed by atoms with Gasteiger partial charge < -0.3 is 9.80 Å². The van der Waals surface area contributed by atoms with Crippen LogP contribution in [0.1, 0.15) is 0 Å². The van der Waals surface area contributed by atoms with Crippen LogP contribution in [0.15, 0.2) is 182 Å². The zero-order valence-electron chi connectivity index (χ0n) is 24.2. The molecule has 0 fully saturated rings. The van der Waals surface area contributed by atoms with Crippen LogP contribution in [0, 0.1) is 0 Å². The molecule has 0 saturated carbocycles. The van der Waals surface area contributed by atoms with Crippen molar-refractivity contribution in [1.82, 2.24) is 0 Å². The number of nitrogens with zero attached hydrogens (tertiary/aromatic N) is 2. The summed E-state index contributed by atoms with van der Waals surface area (Å²) in [7, 11) is 0. The maximum absolute atomic E-state index is 2.35. The summed E-state index contributed by atoms with van der Waals surface area (Å²) in [5.74, 6) is 0. The molecular formula is C42H30N2. The fraction of sp³-hybridized carbons (Fsp3) is 0. The molecule has 8 aromatic carbocycles. The summed E-state index contributed by atoms with van der Waals surface area (Å²) in [6.45, 7) is 0. The molecule has 0 aliphatic rings. The molecular weight excluding hydrogens is 532 g/mol. The average molecular weight is 563 g/mol. The minimum Gasteiger partial charge on any atom is -0.310 e. The fourth-order valence-corrected chi connectivity index (χ4v) is 6.39. The Hall–Kier alpha value is -5.86. The number of fused-ring (bicyclic) bond motifs is 5. The summed E-state index contributed by atoms with van der Waals surface area (Å²) in [4.78, 5) is 4.68. The smallest absolute Gasteiger partial charge is 0.0540 e. The van der Waals surface area contributed by atoms with Crippen molar-refractivity contribution in [2.24, 2.45) is 0 Å². The molecule has 0 N–H and O–H groups in total. The lowest BCUT2D eigenvalue weighted by atomic mass is 9.95. The lowest BCUT2D eigenvalue weighted by molar-refractivity contribution is 1.29. The van der Waals surface area contributed by atoms with Gasteiger partial charge in [0, 0.05) is 33.8 Å². The lowest BCUT2D eigenvalue weighted by Gasteiger charge is -2.27. The van der Waals surface area contributed by atoms with Crippen LogP contribution in [0.25, 0.3) is 32.3 Å². The van der Waals surface area contributed by atoms with Gasteiger partial charge in [-0.05, 0) is 93.7 Å². The van der Waals surface area contributed by atoms with Gasteiger partial charge in [0.2, 0.25) is 0 Å². The standard InChI is InChI=1S/C42H30N2/c1-5-14-32(15-6-1)43(33-16-7-2-8-17-33)36-26-24-31-25-27-38-37-22-13-23-42(40(37)29-28-39(38)41(31)30-36)44(34-18-9-3-10-19-34)35-20-11-4-12-21-35/h1-30H. The van der Waals surface area contributed by atoms with Crippen LogP contribution in [-0.4, -0.2) is 0 Å². The molecule has 2 nitrogen and oxygen atoms in total. The van der Waals surface area contributed by atoms with E-state index in [2.05, 4.69) is 192 Å². The molecule has 0 bridgehead atoms. The van der Waals surface area contributed by atoms with Gasteiger partial charge in [-0.3, -0.25) is 0 Å². The van der Waals surface area contributed by atoms with E-state index < -0.39 is 0 Å². The highest BCUT2D eigenvalue weighted by Gasteiger charge is 2.17. The van der Waals surface area contributed by atoms with Crippen molar-refractivity contribution in [2.75, 3.05) is 9.80 Å². The Bertz CT molecular complexity index is 2130. The predicted octanol–water partition coefficient (Wildman–Crippen LogP) is 12.1. The van der Waals surface area contributed by atoms with E-state index in [0.717, 1.165) is 34.1 Å². The summed E-state index contributed by atoms with van der Waals surface area (Å²) in [6.07, 6.45) is 0. The van der Waals surface area contributed by atoms with Gasteiger partial charge >= 0.3 is 0 Å². The van der Waals surface area contributed by atoms with E-state index in [-0.39, 0.29) is 0 Å². The van der Waals surface area contributed by atoms with Gasteiger partial charge in [-0.2, -0.15) is 0 Å². The van der Waals surface area contributed by atoms with Crippen molar-refractivity contribution >= 4 is 66.4 Å². The van der Waals surface area contributed by atoms with Gasteiger partial charge in [-0.1, -0.05) is 115 Å². The van der Waals surface area contributed by atoms with Gasteiger partial charge in [0.25, 0.3) is 0 Å². The van der Waals surface area contributed by atoms with Crippen molar-refractivity contribution in [3.8, 4) is 0 Å². The van der Waals surface area contributed by atoms with Gasteiger partial charge in [-0.15, -0.1) is 0 Å². The highest BCUT2D eigenvalue weighted by Crippen LogP contribution is 2.42. The second kappa shape index (κ2) is 11.1. The van der Waals surface area contributed by atoms with Crippen LogP contribution < -0.4 is 9.80 Å². The van der Waals surface area contributed by atoms with Gasteiger partial charge in [0.15, 0.2) is 0 Å².